The monoisotopic (exact) mass is 341 g/mol. The highest BCUT2D eigenvalue weighted by Crippen LogP contribution is 2.32. The second-order valence-corrected chi connectivity index (χ2v) is 6.23. The molecule has 1 N–H and O–H groups in total. The number of ketones is 1. The van der Waals surface area contributed by atoms with Crippen molar-refractivity contribution in [3.05, 3.63) is 90.0 Å². The Kier molecular flexibility index (Phi) is 4.28. The van der Waals surface area contributed by atoms with Gasteiger partial charge >= 0.3 is 0 Å². The first-order valence-corrected chi connectivity index (χ1v) is 8.58. The minimum absolute atomic E-state index is 0.111. The van der Waals surface area contributed by atoms with Crippen LogP contribution in [0.25, 0.3) is 22.2 Å². The molecule has 0 saturated carbocycles. The molecule has 3 heteroatoms. The van der Waals surface area contributed by atoms with Crippen molar-refractivity contribution in [2.75, 3.05) is 7.11 Å². The van der Waals surface area contributed by atoms with Gasteiger partial charge in [0.15, 0.2) is 5.78 Å². The third-order valence-corrected chi connectivity index (χ3v) is 4.57. The number of fused-ring (bicyclic) bond motifs is 1. The SMILES string of the molecule is COc1ccc(-c2[nH]c3ccccc3c2C(=O)Cc2ccccc2)cc1. The molecule has 0 aliphatic carbocycles. The number of rotatable bonds is 5. The number of ether oxygens (including phenoxy) is 1. The first-order valence-electron chi connectivity index (χ1n) is 8.58. The van der Waals surface area contributed by atoms with Crippen molar-refractivity contribution in [3.8, 4) is 17.0 Å². The first-order chi connectivity index (χ1) is 12.8. The quantitative estimate of drug-likeness (QED) is 0.503. The molecule has 4 aromatic rings. The van der Waals surface area contributed by atoms with Gasteiger partial charge in [-0.25, -0.2) is 0 Å². The van der Waals surface area contributed by atoms with Crippen LogP contribution < -0.4 is 4.74 Å². The average Bonchev–Trinajstić information content (AvgIpc) is 3.08. The largest absolute Gasteiger partial charge is 0.497 e. The summed E-state index contributed by atoms with van der Waals surface area (Å²) in [6.07, 6.45) is 0.381. The smallest absolute Gasteiger partial charge is 0.170 e. The summed E-state index contributed by atoms with van der Waals surface area (Å²) in [5, 5.41) is 0.958. The van der Waals surface area contributed by atoms with Crippen LogP contribution in [0.4, 0.5) is 0 Å². The number of H-pyrrole nitrogens is 1. The van der Waals surface area contributed by atoms with Crippen molar-refractivity contribution in [2.24, 2.45) is 0 Å². The predicted molar refractivity (Wildman–Crippen MR) is 105 cm³/mol. The number of methoxy groups -OCH3 is 1. The van der Waals surface area contributed by atoms with E-state index < -0.39 is 0 Å². The minimum Gasteiger partial charge on any atom is -0.497 e. The number of aromatic amines is 1. The molecule has 0 aliphatic rings. The second-order valence-electron chi connectivity index (χ2n) is 6.23. The van der Waals surface area contributed by atoms with Gasteiger partial charge in [-0.2, -0.15) is 0 Å². The second kappa shape index (κ2) is 6.89. The van der Waals surface area contributed by atoms with Gasteiger partial charge in [-0.3, -0.25) is 4.79 Å². The van der Waals surface area contributed by atoms with Gasteiger partial charge < -0.3 is 9.72 Å². The molecule has 0 spiro atoms. The number of hydrogen-bond donors (Lipinski definition) is 1. The molecule has 128 valence electrons. The van der Waals surface area contributed by atoms with Crippen molar-refractivity contribution in [2.45, 2.75) is 6.42 Å². The molecule has 0 fully saturated rings. The molecule has 0 amide bonds. The highest BCUT2D eigenvalue weighted by atomic mass is 16.5. The van der Waals surface area contributed by atoms with Gasteiger partial charge in [0.05, 0.1) is 18.4 Å². The van der Waals surface area contributed by atoms with Crippen molar-refractivity contribution in [1.29, 1.82) is 0 Å². The highest BCUT2D eigenvalue weighted by Gasteiger charge is 2.19. The fourth-order valence-corrected chi connectivity index (χ4v) is 3.28. The Morgan fingerprint density at radius 1 is 0.885 bits per heavy atom. The van der Waals surface area contributed by atoms with Gasteiger partial charge in [-0.05, 0) is 41.5 Å². The number of nitrogens with one attached hydrogen (secondary N) is 1. The van der Waals surface area contributed by atoms with E-state index in [2.05, 4.69) is 4.98 Å². The maximum Gasteiger partial charge on any atom is 0.170 e. The zero-order valence-corrected chi connectivity index (χ0v) is 14.5. The molecule has 3 aromatic carbocycles. The number of benzene rings is 3. The van der Waals surface area contributed by atoms with Crippen LogP contribution in [-0.4, -0.2) is 17.9 Å². The Morgan fingerprint density at radius 3 is 2.31 bits per heavy atom. The summed E-state index contributed by atoms with van der Waals surface area (Å²) in [6, 6.07) is 25.6. The standard InChI is InChI=1S/C23H19NO2/c1-26-18-13-11-17(12-14-18)23-22(19-9-5-6-10-20(19)24-23)21(25)15-16-7-3-2-4-8-16/h2-14,24H,15H2,1H3. The Bertz CT molecular complexity index is 1050. The molecule has 0 bridgehead atoms. The number of para-hydroxylation sites is 1. The van der Waals surface area contributed by atoms with E-state index in [9.17, 15) is 4.79 Å². The van der Waals surface area contributed by atoms with Crippen LogP contribution in [0.3, 0.4) is 0 Å². The predicted octanol–water partition coefficient (Wildman–Crippen LogP) is 5.27. The molecular weight excluding hydrogens is 322 g/mol. The van der Waals surface area contributed by atoms with Crippen LogP contribution in [0, 0.1) is 0 Å². The van der Waals surface area contributed by atoms with E-state index in [0.717, 1.165) is 39.0 Å². The fraction of sp³-hybridized carbons (Fsp3) is 0.0870. The van der Waals surface area contributed by atoms with E-state index in [1.165, 1.54) is 0 Å². The molecule has 1 aromatic heterocycles. The summed E-state index contributed by atoms with van der Waals surface area (Å²) < 4.78 is 5.24. The van der Waals surface area contributed by atoms with E-state index in [-0.39, 0.29) is 5.78 Å². The zero-order chi connectivity index (χ0) is 17.9. The van der Waals surface area contributed by atoms with Gasteiger partial charge in [0.1, 0.15) is 5.75 Å². The highest BCUT2D eigenvalue weighted by molar-refractivity contribution is 6.13. The van der Waals surface area contributed by atoms with Crippen molar-refractivity contribution in [1.82, 2.24) is 4.98 Å². The van der Waals surface area contributed by atoms with E-state index in [0.29, 0.717) is 6.42 Å². The van der Waals surface area contributed by atoms with Crippen molar-refractivity contribution >= 4 is 16.7 Å². The molecule has 0 unspecified atom stereocenters. The van der Waals surface area contributed by atoms with E-state index in [1.807, 2.05) is 78.9 Å². The topological polar surface area (TPSA) is 42.1 Å². The lowest BCUT2D eigenvalue weighted by molar-refractivity contribution is 0.0995. The summed E-state index contributed by atoms with van der Waals surface area (Å²) in [5.41, 5.74) is 4.56. The third kappa shape index (κ3) is 3.00. The van der Waals surface area contributed by atoms with Gasteiger partial charge in [0.25, 0.3) is 0 Å². The van der Waals surface area contributed by atoms with Gasteiger partial charge in [0, 0.05) is 17.3 Å². The summed E-state index contributed by atoms with van der Waals surface area (Å²) >= 11 is 0. The van der Waals surface area contributed by atoms with Gasteiger partial charge in [0.2, 0.25) is 0 Å². The Hall–Kier alpha value is -3.33. The maximum atomic E-state index is 13.2. The molecule has 0 aliphatic heterocycles. The summed E-state index contributed by atoms with van der Waals surface area (Å²) in [4.78, 5) is 16.6. The third-order valence-electron chi connectivity index (χ3n) is 4.57. The van der Waals surface area contributed by atoms with Crippen molar-refractivity contribution in [3.63, 3.8) is 0 Å². The minimum atomic E-state index is 0.111. The number of carbonyl (C=O) groups is 1. The van der Waals surface area contributed by atoms with E-state index in [1.54, 1.807) is 7.11 Å². The average molecular weight is 341 g/mol. The lowest BCUT2D eigenvalue weighted by atomic mass is 9.97. The van der Waals surface area contributed by atoms with E-state index in [4.69, 9.17) is 4.74 Å². The molecule has 26 heavy (non-hydrogen) atoms. The van der Waals surface area contributed by atoms with Crippen LogP contribution in [0.2, 0.25) is 0 Å². The number of aromatic nitrogens is 1. The van der Waals surface area contributed by atoms with E-state index >= 15 is 0 Å². The first kappa shape index (κ1) is 16.2. The summed E-state index contributed by atoms with van der Waals surface area (Å²) in [5.74, 6) is 0.904. The van der Waals surface area contributed by atoms with Crippen LogP contribution in [0.1, 0.15) is 15.9 Å². The lowest BCUT2D eigenvalue weighted by Crippen LogP contribution is -2.04. The Labute approximate surface area is 152 Å². The zero-order valence-electron chi connectivity index (χ0n) is 14.5. The summed E-state index contributed by atoms with van der Waals surface area (Å²) in [6.45, 7) is 0. The molecule has 0 saturated heterocycles. The number of Topliss-reactive ketones (excluding diaryl/α,β-unsaturated/α-hetero) is 1. The Balaban J connectivity index is 1.82. The Morgan fingerprint density at radius 2 is 1.58 bits per heavy atom. The van der Waals surface area contributed by atoms with Gasteiger partial charge in [-0.1, -0.05) is 48.5 Å². The lowest BCUT2D eigenvalue weighted by Gasteiger charge is -2.06. The molecule has 4 rings (SSSR count). The van der Waals surface area contributed by atoms with Crippen molar-refractivity contribution < 1.29 is 9.53 Å². The maximum absolute atomic E-state index is 13.2. The normalized spacial score (nSPS) is 10.8. The molecule has 3 nitrogen and oxygen atoms in total. The van der Waals surface area contributed by atoms with Gasteiger partial charge in [-0.15, -0.1) is 0 Å². The molecule has 0 radical (unpaired) electrons. The number of carbonyl (C=O) groups excluding carboxylic acids is 1. The molecule has 1 heterocycles. The summed E-state index contributed by atoms with van der Waals surface area (Å²) in [7, 11) is 1.65. The molecule has 0 atom stereocenters. The number of hydrogen-bond acceptors (Lipinski definition) is 2. The fourth-order valence-electron chi connectivity index (χ4n) is 3.28. The molecular formula is C23H19NO2. The van der Waals surface area contributed by atoms with Crippen LogP contribution in [-0.2, 0) is 6.42 Å². The van der Waals surface area contributed by atoms with Crippen LogP contribution in [0.15, 0.2) is 78.9 Å². The van der Waals surface area contributed by atoms with Crippen LogP contribution in [0.5, 0.6) is 5.75 Å². The van der Waals surface area contributed by atoms with Crippen LogP contribution >= 0.6 is 0 Å².